The Hall–Kier alpha value is -3.48. The molecule has 4 aromatic rings. The molecule has 3 heterocycles. The minimum Gasteiger partial charge on any atom is -0.320 e. The Morgan fingerprint density at radius 2 is 2.00 bits per heavy atom. The first-order valence-electron chi connectivity index (χ1n) is 7.02. The Morgan fingerprint density at radius 3 is 2.78 bits per heavy atom. The molecule has 0 aliphatic rings. The van der Waals surface area contributed by atoms with E-state index >= 15 is 0 Å². The van der Waals surface area contributed by atoms with Crippen molar-refractivity contribution in [3.05, 3.63) is 66.6 Å². The normalized spacial score (nSPS) is 10.8. The Labute approximate surface area is 131 Å². The molecule has 3 aromatic heterocycles. The van der Waals surface area contributed by atoms with Gasteiger partial charge in [0.2, 0.25) is 0 Å². The van der Waals surface area contributed by atoms with Crippen LogP contribution in [0.4, 0.5) is 5.69 Å². The van der Waals surface area contributed by atoms with Gasteiger partial charge in [-0.15, -0.1) is 5.10 Å². The van der Waals surface area contributed by atoms with Gasteiger partial charge < -0.3 is 5.32 Å². The topological polar surface area (TPSA) is 88.0 Å². The number of hydrogen-bond donors (Lipinski definition) is 2. The summed E-state index contributed by atoms with van der Waals surface area (Å²) in [5.41, 5.74) is 2.64. The van der Waals surface area contributed by atoms with E-state index in [9.17, 15) is 4.79 Å². The molecule has 1 aromatic carbocycles. The van der Waals surface area contributed by atoms with Crippen molar-refractivity contribution in [3.63, 3.8) is 0 Å². The van der Waals surface area contributed by atoms with E-state index in [1.165, 1.54) is 6.20 Å². The Bertz CT molecular complexity index is 959. The third-order valence-corrected chi connectivity index (χ3v) is 3.37. The van der Waals surface area contributed by atoms with Crippen LogP contribution in [0.3, 0.4) is 0 Å². The summed E-state index contributed by atoms with van der Waals surface area (Å²) in [5, 5.41) is 13.6. The van der Waals surface area contributed by atoms with E-state index < -0.39 is 0 Å². The predicted octanol–water partition coefficient (Wildman–Crippen LogP) is 2.37. The van der Waals surface area contributed by atoms with Crippen molar-refractivity contribution in [2.75, 3.05) is 5.32 Å². The molecule has 7 heteroatoms. The molecule has 0 bridgehead atoms. The second-order valence-electron chi connectivity index (χ2n) is 4.94. The number of rotatable bonds is 3. The average molecular weight is 304 g/mol. The second kappa shape index (κ2) is 5.38. The van der Waals surface area contributed by atoms with Gasteiger partial charge in [-0.1, -0.05) is 30.3 Å². The highest BCUT2D eigenvalue weighted by atomic mass is 16.1. The van der Waals surface area contributed by atoms with E-state index in [1.54, 1.807) is 28.9 Å². The number of amides is 1. The zero-order valence-electron chi connectivity index (χ0n) is 12.0. The third-order valence-electron chi connectivity index (χ3n) is 3.37. The lowest BCUT2D eigenvalue weighted by Crippen LogP contribution is -2.12. The number of carbonyl (C=O) groups excluding carboxylic acids is 1. The van der Waals surface area contributed by atoms with Gasteiger partial charge in [-0.3, -0.25) is 9.89 Å². The molecule has 0 atom stereocenters. The van der Waals surface area contributed by atoms with E-state index in [4.69, 9.17) is 0 Å². The van der Waals surface area contributed by atoms with Gasteiger partial charge >= 0.3 is 0 Å². The molecule has 0 saturated carbocycles. The zero-order valence-corrected chi connectivity index (χ0v) is 12.0. The van der Waals surface area contributed by atoms with Crippen LogP contribution >= 0.6 is 0 Å². The first kappa shape index (κ1) is 13.2. The van der Waals surface area contributed by atoms with Crippen molar-refractivity contribution in [1.29, 1.82) is 0 Å². The lowest BCUT2D eigenvalue weighted by atomic mass is 10.2. The van der Waals surface area contributed by atoms with Gasteiger partial charge in [0.05, 0.1) is 0 Å². The maximum absolute atomic E-state index is 12.0. The molecule has 0 fully saturated rings. The van der Waals surface area contributed by atoms with Gasteiger partial charge in [0.15, 0.2) is 11.5 Å². The molecular weight excluding hydrogens is 292 g/mol. The van der Waals surface area contributed by atoms with E-state index in [-0.39, 0.29) is 5.91 Å². The molecule has 1 amide bonds. The summed E-state index contributed by atoms with van der Waals surface area (Å²) >= 11 is 0. The highest BCUT2D eigenvalue weighted by molar-refractivity contribution is 6.02. The molecular formula is C16H12N6O. The first-order valence-corrected chi connectivity index (χ1v) is 7.02. The molecule has 0 saturated heterocycles. The number of aromatic nitrogens is 5. The van der Waals surface area contributed by atoms with Crippen LogP contribution in [-0.4, -0.2) is 30.7 Å². The van der Waals surface area contributed by atoms with E-state index in [0.717, 1.165) is 5.56 Å². The third kappa shape index (κ3) is 2.55. The lowest BCUT2D eigenvalue weighted by molar-refractivity contribution is 0.102. The summed E-state index contributed by atoms with van der Waals surface area (Å²) < 4.78 is 1.67. The van der Waals surface area contributed by atoms with Crippen molar-refractivity contribution in [3.8, 4) is 11.4 Å². The quantitative estimate of drug-likeness (QED) is 0.608. The van der Waals surface area contributed by atoms with Crippen molar-refractivity contribution in [1.82, 2.24) is 24.8 Å². The highest BCUT2D eigenvalue weighted by Crippen LogP contribution is 2.18. The average Bonchev–Trinajstić information content (AvgIpc) is 3.25. The van der Waals surface area contributed by atoms with Gasteiger partial charge in [0.25, 0.3) is 5.91 Å². The van der Waals surface area contributed by atoms with Crippen LogP contribution in [0.5, 0.6) is 0 Å². The van der Waals surface area contributed by atoms with Crippen LogP contribution in [0.1, 0.15) is 10.5 Å². The monoisotopic (exact) mass is 304 g/mol. The van der Waals surface area contributed by atoms with Gasteiger partial charge in [-0.05, 0) is 12.1 Å². The molecule has 0 spiro atoms. The number of anilines is 1. The highest BCUT2D eigenvalue weighted by Gasteiger charge is 2.10. The first-order chi connectivity index (χ1) is 11.3. The lowest BCUT2D eigenvalue weighted by Gasteiger charge is -2.03. The minimum absolute atomic E-state index is 0.255. The fourth-order valence-corrected chi connectivity index (χ4v) is 2.25. The molecule has 0 aliphatic heterocycles. The van der Waals surface area contributed by atoms with Gasteiger partial charge in [0, 0.05) is 29.7 Å². The number of hydrogen-bond acceptors (Lipinski definition) is 4. The molecule has 112 valence electrons. The maximum atomic E-state index is 12.0. The van der Waals surface area contributed by atoms with Crippen LogP contribution in [-0.2, 0) is 0 Å². The van der Waals surface area contributed by atoms with Crippen molar-refractivity contribution >= 4 is 17.2 Å². The predicted molar refractivity (Wildman–Crippen MR) is 85.0 cm³/mol. The van der Waals surface area contributed by atoms with E-state index in [0.29, 0.717) is 22.9 Å². The SMILES string of the molecule is O=C(Nc1ccn2nc(-c3ccccc3)nc2c1)c1ccn[nH]1. The van der Waals surface area contributed by atoms with Crippen LogP contribution in [0, 0.1) is 0 Å². The summed E-state index contributed by atoms with van der Waals surface area (Å²) in [7, 11) is 0. The Morgan fingerprint density at radius 1 is 1.13 bits per heavy atom. The Balaban J connectivity index is 1.64. The molecule has 4 rings (SSSR count). The number of aromatic amines is 1. The van der Waals surface area contributed by atoms with Gasteiger partial charge in [-0.25, -0.2) is 9.50 Å². The number of pyridine rings is 1. The van der Waals surface area contributed by atoms with Crippen LogP contribution in [0.2, 0.25) is 0 Å². The molecule has 0 radical (unpaired) electrons. The van der Waals surface area contributed by atoms with Crippen molar-refractivity contribution in [2.45, 2.75) is 0 Å². The van der Waals surface area contributed by atoms with Crippen molar-refractivity contribution < 1.29 is 4.79 Å². The summed E-state index contributed by atoms with van der Waals surface area (Å²) in [4.78, 5) is 16.5. The number of H-pyrrole nitrogens is 1. The number of benzene rings is 1. The largest absolute Gasteiger partial charge is 0.320 e. The number of fused-ring (bicyclic) bond motifs is 1. The van der Waals surface area contributed by atoms with Gasteiger partial charge in [-0.2, -0.15) is 5.10 Å². The fourth-order valence-electron chi connectivity index (χ4n) is 2.25. The number of nitrogens with zero attached hydrogens (tertiary/aromatic N) is 4. The summed E-state index contributed by atoms with van der Waals surface area (Å²) in [6.45, 7) is 0. The summed E-state index contributed by atoms with van der Waals surface area (Å²) in [5.74, 6) is 0.386. The van der Waals surface area contributed by atoms with Gasteiger partial charge in [0.1, 0.15) is 5.69 Å². The molecule has 2 N–H and O–H groups in total. The standard InChI is InChI=1S/C16H12N6O/c23-16(13-6-8-17-20-13)18-12-7-9-22-14(10-12)19-15(21-22)11-4-2-1-3-5-11/h1-10H,(H,17,20)(H,18,23). The Kier molecular flexibility index (Phi) is 3.09. The summed E-state index contributed by atoms with van der Waals surface area (Å²) in [6.07, 6.45) is 3.29. The maximum Gasteiger partial charge on any atom is 0.273 e. The van der Waals surface area contributed by atoms with Crippen LogP contribution < -0.4 is 5.32 Å². The zero-order chi connectivity index (χ0) is 15.6. The van der Waals surface area contributed by atoms with Crippen LogP contribution in [0.15, 0.2) is 60.9 Å². The molecule has 0 unspecified atom stereocenters. The van der Waals surface area contributed by atoms with Crippen LogP contribution in [0.25, 0.3) is 17.0 Å². The smallest absolute Gasteiger partial charge is 0.273 e. The molecule has 23 heavy (non-hydrogen) atoms. The number of carbonyl (C=O) groups is 1. The second-order valence-corrected chi connectivity index (χ2v) is 4.94. The molecule has 0 aliphatic carbocycles. The summed E-state index contributed by atoms with van der Waals surface area (Å²) in [6, 6.07) is 14.9. The van der Waals surface area contributed by atoms with Crippen molar-refractivity contribution in [2.24, 2.45) is 0 Å². The van der Waals surface area contributed by atoms with E-state index in [1.807, 2.05) is 30.3 Å². The number of nitrogens with one attached hydrogen (secondary N) is 2. The van der Waals surface area contributed by atoms with E-state index in [2.05, 4.69) is 25.6 Å². The molecule has 7 nitrogen and oxygen atoms in total. The minimum atomic E-state index is -0.255. The fraction of sp³-hybridized carbons (Fsp3) is 0.